The van der Waals surface area contributed by atoms with E-state index >= 15 is 0 Å². The molecule has 1 N–H and O–H groups in total. The van der Waals surface area contributed by atoms with Crippen LogP contribution in [0.4, 0.5) is 0 Å². The molecule has 2 aromatic carbocycles. The first kappa shape index (κ1) is 20.2. The zero-order valence-corrected chi connectivity index (χ0v) is 17.5. The zero-order valence-electron chi connectivity index (χ0n) is 15.1. The molecule has 0 bridgehead atoms. The van der Waals surface area contributed by atoms with Crippen molar-refractivity contribution in [2.75, 3.05) is 14.2 Å². The molecule has 0 aliphatic carbocycles. The number of halogens is 1. The summed E-state index contributed by atoms with van der Waals surface area (Å²) in [5.41, 5.74) is 3.11. The van der Waals surface area contributed by atoms with E-state index in [4.69, 9.17) is 9.47 Å². The summed E-state index contributed by atoms with van der Waals surface area (Å²) in [6.07, 6.45) is 5.93. The van der Waals surface area contributed by atoms with E-state index in [-0.39, 0.29) is 0 Å². The number of hydrogen-bond donors (Lipinski definition) is 1. The predicted octanol–water partition coefficient (Wildman–Crippen LogP) is 6.24. The molecular formula is C21H22BrNO2S. The van der Waals surface area contributed by atoms with Crippen LogP contribution in [0, 0.1) is 0 Å². The number of rotatable bonds is 8. The van der Waals surface area contributed by atoms with Crippen molar-refractivity contribution in [2.45, 2.75) is 11.8 Å². The lowest BCUT2D eigenvalue weighted by Gasteiger charge is -2.12. The minimum atomic E-state index is 0.786. The molecule has 0 unspecified atom stereocenters. The van der Waals surface area contributed by atoms with E-state index in [1.54, 1.807) is 14.2 Å². The van der Waals surface area contributed by atoms with Gasteiger partial charge in [0, 0.05) is 10.2 Å². The van der Waals surface area contributed by atoms with Gasteiger partial charge in [-0.3, -0.25) is 0 Å². The van der Waals surface area contributed by atoms with Gasteiger partial charge in [-0.15, -0.1) is 0 Å². The van der Waals surface area contributed by atoms with Crippen molar-refractivity contribution in [3.63, 3.8) is 0 Å². The predicted molar refractivity (Wildman–Crippen MR) is 115 cm³/mol. The number of ether oxygens (including phenoxy) is 2. The zero-order chi connectivity index (χ0) is 18.9. The Kier molecular flexibility index (Phi) is 7.88. The molecule has 3 nitrogen and oxygen atoms in total. The summed E-state index contributed by atoms with van der Waals surface area (Å²) < 4.78 is 15.1. The third-order valence-electron chi connectivity index (χ3n) is 3.67. The maximum Gasteiger partial charge on any atom is 0.134 e. The van der Waals surface area contributed by atoms with E-state index < -0.39 is 0 Å². The summed E-state index contributed by atoms with van der Waals surface area (Å²) in [4.78, 5) is 0.948. The molecule has 0 fully saturated rings. The van der Waals surface area contributed by atoms with Crippen LogP contribution >= 0.6 is 27.9 Å². The lowest BCUT2D eigenvalue weighted by Crippen LogP contribution is -2.02. The van der Waals surface area contributed by atoms with Crippen LogP contribution in [0.25, 0.3) is 5.57 Å². The first-order chi connectivity index (χ1) is 12.6. The average Bonchev–Trinajstić information content (AvgIpc) is 2.69. The van der Waals surface area contributed by atoms with Crippen LogP contribution in [0.5, 0.6) is 11.5 Å². The Hall–Kier alpha value is -2.11. The van der Waals surface area contributed by atoms with Gasteiger partial charge in [0.1, 0.15) is 11.5 Å². The molecule has 0 amide bonds. The van der Waals surface area contributed by atoms with Gasteiger partial charge >= 0.3 is 0 Å². The fourth-order valence-electron chi connectivity index (χ4n) is 2.22. The van der Waals surface area contributed by atoms with E-state index in [0.717, 1.165) is 37.7 Å². The second-order valence-electron chi connectivity index (χ2n) is 5.28. The van der Waals surface area contributed by atoms with E-state index in [0.29, 0.717) is 0 Å². The molecule has 0 spiro atoms. The Morgan fingerprint density at radius 3 is 2.42 bits per heavy atom. The molecule has 0 aliphatic heterocycles. The molecule has 0 saturated heterocycles. The normalized spacial score (nSPS) is 11.8. The molecule has 0 aromatic heterocycles. The van der Waals surface area contributed by atoms with Gasteiger partial charge in [0.15, 0.2) is 0 Å². The van der Waals surface area contributed by atoms with E-state index in [1.165, 1.54) is 11.9 Å². The molecule has 0 saturated carbocycles. The molecule has 26 heavy (non-hydrogen) atoms. The number of nitrogens with one attached hydrogen (secondary N) is 1. The van der Waals surface area contributed by atoms with Gasteiger partial charge in [0.2, 0.25) is 0 Å². The summed E-state index contributed by atoms with van der Waals surface area (Å²) >= 11 is 4.94. The minimum absolute atomic E-state index is 0.786. The quantitative estimate of drug-likeness (QED) is 0.395. The highest BCUT2D eigenvalue weighted by atomic mass is 79.9. The van der Waals surface area contributed by atoms with Crippen LogP contribution in [0.2, 0.25) is 0 Å². The van der Waals surface area contributed by atoms with Gasteiger partial charge in [-0.05, 0) is 66.4 Å². The van der Waals surface area contributed by atoms with Crippen molar-refractivity contribution >= 4 is 33.5 Å². The fourth-order valence-corrected chi connectivity index (χ4v) is 3.32. The van der Waals surface area contributed by atoms with Crippen molar-refractivity contribution in [2.24, 2.45) is 0 Å². The summed E-state index contributed by atoms with van der Waals surface area (Å²) in [6.45, 7) is 5.93. The van der Waals surface area contributed by atoms with E-state index in [9.17, 15) is 0 Å². The Morgan fingerprint density at radius 2 is 1.85 bits per heavy atom. The molecule has 0 heterocycles. The lowest BCUT2D eigenvalue weighted by atomic mass is 10.1. The van der Waals surface area contributed by atoms with Gasteiger partial charge in [0.05, 0.1) is 19.1 Å². The Labute approximate surface area is 168 Å². The molecule has 5 heteroatoms. The highest BCUT2D eigenvalue weighted by Gasteiger charge is 2.07. The second kappa shape index (κ2) is 10.1. The van der Waals surface area contributed by atoms with Crippen LogP contribution in [0.3, 0.4) is 0 Å². The number of allylic oxidation sites excluding steroid dienone is 4. The first-order valence-corrected chi connectivity index (χ1v) is 9.63. The standard InChI is InChI=1S/C21H22BrNO2S/c1-5-15(16-7-9-17(22)10-8-16)13-18(6-2)23-26-21-14-19(24-3)11-12-20(21)25-4/h5-14,23H,1H2,2-4H3/b15-13+,18-6+. The van der Waals surface area contributed by atoms with Gasteiger partial charge in [-0.25, -0.2) is 0 Å². The highest BCUT2D eigenvalue weighted by molar-refractivity contribution is 9.10. The van der Waals surface area contributed by atoms with Gasteiger partial charge in [-0.2, -0.15) is 0 Å². The van der Waals surface area contributed by atoms with Crippen LogP contribution in [-0.4, -0.2) is 14.2 Å². The largest absolute Gasteiger partial charge is 0.497 e. The minimum Gasteiger partial charge on any atom is -0.497 e. The number of hydrogen-bond acceptors (Lipinski definition) is 4. The second-order valence-corrected chi connectivity index (χ2v) is 7.04. The maximum absolute atomic E-state index is 5.42. The molecule has 0 radical (unpaired) electrons. The van der Waals surface area contributed by atoms with Crippen molar-refractivity contribution in [3.8, 4) is 11.5 Å². The van der Waals surface area contributed by atoms with Crippen LogP contribution in [0.1, 0.15) is 12.5 Å². The third kappa shape index (κ3) is 5.44. The lowest BCUT2D eigenvalue weighted by molar-refractivity contribution is 0.394. The maximum atomic E-state index is 5.42. The molecule has 136 valence electrons. The molecule has 2 aromatic rings. The number of methoxy groups -OCH3 is 2. The van der Waals surface area contributed by atoms with Crippen molar-refractivity contribution < 1.29 is 9.47 Å². The van der Waals surface area contributed by atoms with E-state index in [2.05, 4.69) is 45.4 Å². The Morgan fingerprint density at radius 1 is 1.12 bits per heavy atom. The molecule has 0 atom stereocenters. The highest BCUT2D eigenvalue weighted by Crippen LogP contribution is 2.32. The SMILES string of the molecule is C=C/C(=C\C(=C/C)NSc1cc(OC)ccc1OC)c1ccc(Br)cc1. The van der Waals surface area contributed by atoms with E-state index in [1.807, 2.05) is 49.4 Å². The van der Waals surface area contributed by atoms with Gasteiger partial charge in [-0.1, -0.05) is 46.8 Å². The Balaban J connectivity index is 2.19. The van der Waals surface area contributed by atoms with Crippen LogP contribution in [0.15, 0.2) is 82.3 Å². The van der Waals surface area contributed by atoms with Crippen LogP contribution < -0.4 is 14.2 Å². The summed E-state index contributed by atoms with van der Waals surface area (Å²) in [5.74, 6) is 1.58. The molecule has 0 aliphatic rings. The summed E-state index contributed by atoms with van der Waals surface area (Å²) in [5, 5.41) is 0. The monoisotopic (exact) mass is 431 g/mol. The van der Waals surface area contributed by atoms with Crippen molar-refractivity contribution in [3.05, 3.63) is 83.0 Å². The van der Waals surface area contributed by atoms with Crippen molar-refractivity contribution in [1.29, 1.82) is 0 Å². The fraction of sp³-hybridized carbons (Fsp3) is 0.143. The summed E-state index contributed by atoms with van der Waals surface area (Å²) in [7, 11) is 3.31. The van der Waals surface area contributed by atoms with Gasteiger partial charge in [0.25, 0.3) is 0 Å². The van der Waals surface area contributed by atoms with Crippen LogP contribution in [-0.2, 0) is 0 Å². The number of benzene rings is 2. The Bertz CT molecular complexity index is 813. The smallest absolute Gasteiger partial charge is 0.134 e. The molecular weight excluding hydrogens is 410 g/mol. The first-order valence-electron chi connectivity index (χ1n) is 8.02. The molecule has 2 rings (SSSR count). The summed E-state index contributed by atoms with van der Waals surface area (Å²) in [6, 6.07) is 13.9. The topological polar surface area (TPSA) is 30.5 Å². The third-order valence-corrected chi connectivity index (χ3v) is 5.07. The average molecular weight is 432 g/mol. The van der Waals surface area contributed by atoms with Gasteiger partial charge < -0.3 is 14.2 Å². The van der Waals surface area contributed by atoms with Crippen molar-refractivity contribution in [1.82, 2.24) is 4.72 Å².